The van der Waals surface area contributed by atoms with Crippen LogP contribution in [-0.4, -0.2) is 42.3 Å². The fourth-order valence-electron chi connectivity index (χ4n) is 1.32. The minimum Gasteiger partial charge on any atom is -0.480 e. The van der Waals surface area contributed by atoms with Gasteiger partial charge in [-0.2, -0.15) is 0 Å². The van der Waals surface area contributed by atoms with E-state index in [0.29, 0.717) is 5.70 Å². The van der Waals surface area contributed by atoms with Crippen molar-refractivity contribution in [3.63, 3.8) is 0 Å². The zero-order valence-electron chi connectivity index (χ0n) is 7.90. The molecule has 0 aromatic rings. The molecule has 4 nitrogen and oxygen atoms in total. The molecule has 1 aliphatic rings. The Hall–Kier alpha value is -1.16. The van der Waals surface area contributed by atoms with E-state index in [1.807, 2.05) is 6.08 Å². The zero-order chi connectivity index (χ0) is 9.84. The van der Waals surface area contributed by atoms with Crippen LogP contribution in [-0.2, 0) is 4.79 Å². The van der Waals surface area contributed by atoms with Gasteiger partial charge in [0.25, 0.3) is 0 Å². The Bertz CT molecular complexity index is 256. The average molecular weight is 182 g/mol. The third-order valence-electron chi connectivity index (χ3n) is 1.92. The van der Waals surface area contributed by atoms with E-state index in [9.17, 15) is 4.79 Å². The van der Waals surface area contributed by atoms with Gasteiger partial charge in [0.15, 0.2) is 6.04 Å². The largest absolute Gasteiger partial charge is 0.480 e. The third kappa shape index (κ3) is 2.39. The SMILES string of the molecule is CN(C)C(C(=O)O)C1=CCCC=N1. The van der Waals surface area contributed by atoms with Crippen molar-refractivity contribution in [2.45, 2.75) is 18.9 Å². The van der Waals surface area contributed by atoms with Crippen molar-refractivity contribution in [2.75, 3.05) is 14.1 Å². The normalized spacial score (nSPS) is 18.5. The van der Waals surface area contributed by atoms with E-state index < -0.39 is 12.0 Å². The summed E-state index contributed by atoms with van der Waals surface area (Å²) < 4.78 is 0. The first-order valence-electron chi connectivity index (χ1n) is 4.24. The van der Waals surface area contributed by atoms with Crippen LogP contribution in [0, 0.1) is 0 Å². The van der Waals surface area contributed by atoms with Gasteiger partial charge >= 0.3 is 5.97 Å². The van der Waals surface area contributed by atoms with Crippen LogP contribution in [0.4, 0.5) is 0 Å². The van der Waals surface area contributed by atoms with E-state index in [1.165, 1.54) is 0 Å². The van der Waals surface area contributed by atoms with Gasteiger partial charge in [0.2, 0.25) is 0 Å². The number of aliphatic imine (C=N–C) groups is 1. The monoisotopic (exact) mass is 182 g/mol. The van der Waals surface area contributed by atoms with Crippen LogP contribution in [0.25, 0.3) is 0 Å². The number of aliphatic carboxylic acids is 1. The van der Waals surface area contributed by atoms with Gasteiger partial charge in [-0.3, -0.25) is 14.7 Å². The Morgan fingerprint density at radius 1 is 1.62 bits per heavy atom. The molecule has 1 N–H and O–H groups in total. The number of carboxylic acid groups (broad SMARTS) is 1. The van der Waals surface area contributed by atoms with Crippen LogP contribution in [0.2, 0.25) is 0 Å². The predicted molar refractivity (Wildman–Crippen MR) is 50.9 cm³/mol. The van der Waals surface area contributed by atoms with Gasteiger partial charge in [0.05, 0.1) is 5.70 Å². The van der Waals surface area contributed by atoms with E-state index >= 15 is 0 Å². The predicted octanol–water partition coefficient (Wildman–Crippen LogP) is 0.750. The fraction of sp³-hybridized carbons (Fsp3) is 0.556. The molecular weight excluding hydrogens is 168 g/mol. The number of carbonyl (C=O) groups is 1. The van der Waals surface area contributed by atoms with Gasteiger partial charge in [-0.1, -0.05) is 6.08 Å². The van der Waals surface area contributed by atoms with Gasteiger partial charge in [-0.25, -0.2) is 0 Å². The average Bonchev–Trinajstić information content (AvgIpc) is 2.04. The van der Waals surface area contributed by atoms with Crippen LogP contribution < -0.4 is 0 Å². The quantitative estimate of drug-likeness (QED) is 0.700. The lowest BCUT2D eigenvalue weighted by atomic mass is 10.1. The molecule has 1 aliphatic heterocycles. The Balaban J connectivity index is 2.81. The van der Waals surface area contributed by atoms with Crippen molar-refractivity contribution in [1.82, 2.24) is 4.90 Å². The second-order valence-corrected chi connectivity index (χ2v) is 3.22. The summed E-state index contributed by atoms with van der Waals surface area (Å²) in [7, 11) is 3.48. The second-order valence-electron chi connectivity index (χ2n) is 3.22. The van der Waals surface area contributed by atoms with E-state index in [0.717, 1.165) is 12.8 Å². The highest BCUT2D eigenvalue weighted by atomic mass is 16.4. The molecule has 4 heteroatoms. The lowest BCUT2D eigenvalue weighted by Crippen LogP contribution is -2.37. The molecule has 0 amide bonds. The number of rotatable bonds is 3. The van der Waals surface area contributed by atoms with Gasteiger partial charge < -0.3 is 5.11 Å². The highest BCUT2D eigenvalue weighted by molar-refractivity contribution is 5.78. The maximum absolute atomic E-state index is 10.9. The van der Waals surface area contributed by atoms with Crippen molar-refractivity contribution in [3.8, 4) is 0 Å². The van der Waals surface area contributed by atoms with Crippen molar-refractivity contribution in [3.05, 3.63) is 11.8 Å². The summed E-state index contributed by atoms with van der Waals surface area (Å²) >= 11 is 0. The van der Waals surface area contributed by atoms with Gasteiger partial charge in [0, 0.05) is 6.21 Å². The van der Waals surface area contributed by atoms with Crippen molar-refractivity contribution in [1.29, 1.82) is 0 Å². The smallest absolute Gasteiger partial charge is 0.327 e. The lowest BCUT2D eigenvalue weighted by Gasteiger charge is -2.21. The standard InChI is InChI=1S/C9H14N2O2/c1-11(2)8(9(12)13)7-5-3-4-6-10-7/h5-6,8H,3-4H2,1-2H3,(H,12,13). The van der Waals surface area contributed by atoms with Crippen LogP contribution in [0.15, 0.2) is 16.8 Å². The van der Waals surface area contributed by atoms with E-state index in [2.05, 4.69) is 4.99 Å². The molecule has 1 atom stereocenters. The molecule has 0 radical (unpaired) electrons. The first kappa shape index (κ1) is 9.92. The lowest BCUT2D eigenvalue weighted by molar-refractivity contribution is -0.140. The van der Waals surface area contributed by atoms with Crippen molar-refractivity contribution in [2.24, 2.45) is 4.99 Å². The summed E-state index contributed by atoms with van der Waals surface area (Å²) in [6, 6.07) is -0.614. The number of hydrogen-bond acceptors (Lipinski definition) is 3. The summed E-state index contributed by atoms with van der Waals surface area (Å²) in [5.74, 6) is -0.852. The second kappa shape index (κ2) is 4.18. The zero-order valence-corrected chi connectivity index (χ0v) is 7.90. The number of carboxylic acids is 1. The van der Waals surface area contributed by atoms with E-state index in [1.54, 1.807) is 25.2 Å². The molecule has 1 unspecified atom stereocenters. The number of hydrogen-bond donors (Lipinski definition) is 1. The maximum atomic E-state index is 10.9. The minimum absolute atomic E-state index is 0.614. The van der Waals surface area contributed by atoms with Crippen molar-refractivity contribution >= 4 is 12.2 Å². The summed E-state index contributed by atoms with van der Waals surface area (Å²) in [6.07, 6.45) is 5.45. The number of allylic oxidation sites excluding steroid dienone is 1. The molecule has 72 valence electrons. The molecule has 0 aliphatic carbocycles. The molecule has 13 heavy (non-hydrogen) atoms. The summed E-state index contributed by atoms with van der Waals surface area (Å²) in [5.41, 5.74) is 0.642. The van der Waals surface area contributed by atoms with Crippen LogP contribution in [0.3, 0.4) is 0 Å². The molecule has 0 aromatic carbocycles. The molecule has 0 fully saturated rings. The Morgan fingerprint density at radius 2 is 2.31 bits per heavy atom. The maximum Gasteiger partial charge on any atom is 0.327 e. The first-order valence-corrected chi connectivity index (χ1v) is 4.24. The van der Waals surface area contributed by atoms with Crippen molar-refractivity contribution < 1.29 is 9.90 Å². The van der Waals surface area contributed by atoms with E-state index in [-0.39, 0.29) is 0 Å². The molecule has 0 aromatic heterocycles. The molecule has 0 saturated heterocycles. The van der Waals surface area contributed by atoms with Crippen LogP contribution in [0.5, 0.6) is 0 Å². The minimum atomic E-state index is -0.852. The molecule has 1 rings (SSSR count). The summed E-state index contributed by atoms with van der Waals surface area (Å²) in [4.78, 5) is 16.6. The topological polar surface area (TPSA) is 52.9 Å². The van der Waals surface area contributed by atoms with Crippen LogP contribution >= 0.6 is 0 Å². The third-order valence-corrected chi connectivity index (χ3v) is 1.92. The molecule has 0 bridgehead atoms. The Morgan fingerprint density at radius 3 is 2.69 bits per heavy atom. The molecular formula is C9H14N2O2. The van der Waals surface area contributed by atoms with Gasteiger partial charge in [0.1, 0.15) is 0 Å². The summed E-state index contributed by atoms with van der Waals surface area (Å²) in [5, 5.41) is 8.94. The molecule has 0 saturated carbocycles. The van der Waals surface area contributed by atoms with Gasteiger partial charge in [-0.15, -0.1) is 0 Å². The Labute approximate surface area is 77.6 Å². The number of nitrogens with zero attached hydrogens (tertiary/aromatic N) is 2. The summed E-state index contributed by atoms with van der Waals surface area (Å²) in [6.45, 7) is 0. The molecule has 1 heterocycles. The highest BCUT2D eigenvalue weighted by Gasteiger charge is 2.24. The Kier molecular flexibility index (Phi) is 3.19. The van der Waals surface area contributed by atoms with Crippen LogP contribution in [0.1, 0.15) is 12.8 Å². The number of likely N-dealkylation sites (N-methyl/N-ethyl adjacent to an activating group) is 1. The highest BCUT2D eigenvalue weighted by Crippen LogP contribution is 2.14. The fourth-order valence-corrected chi connectivity index (χ4v) is 1.32. The molecule has 0 spiro atoms. The van der Waals surface area contributed by atoms with E-state index in [4.69, 9.17) is 5.11 Å². The van der Waals surface area contributed by atoms with Gasteiger partial charge in [-0.05, 0) is 26.9 Å². The first-order chi connectivity index (χ1) is 6.13.